The van der Waals surface area contributed by atoms with Gasteiger partial charge in [-0.1, -0.05) is 93.6 Å². The van der Waals surface area contributed by atoms with Gasteiger partial charge in [-0.2, -0.15) is 0 Å². The average Bonchev–Trinajstić information content (AvgIpc) is 3.38. The van der Waals surface area contributed by atoms with Crippen LogP contribution in [-0.4, -0.2) is 28.2 Å². The number of hydrogen-bond donors (Lipinski definition) is 2. The van der Waals surface area contributed by atoms with Crippen LogP contribution in [-0.2, 0) is 0 Å². The first-order valence-electron chi connectivity index (χ1n) is 13.2. The van der Waals surface area contributed by atoms with E-state index in [2.05, 4.69) is 102 Å². The van der Waals surface area contributed by atoms with Gasteiger partial charge in [-0.05, 0) is 48.2 Å². The summed E-state index contributed by atoms with van der Waals surface area (Å²) in [6.07, 6.45) is 2.18. The zero-order valence-corrected chi connectivity index (χ0v) is 22.1. The minimum atomic E-state index is 0.263. The third kappa shape index (κ3) is 6.59. The molecule has 0 aliphatic heterocycles. The van der Waals surface area contributed by atoms with Crippen LogP contribution in [0.5, 0.6) is 5.75 Å². The van der Waals surface area contributed by atoms with E-state index in [1.165, 1.54) is 11.1 Å². The highest BCUT2D eigenvalue weighted by Crippen LogP contribution is 2.32. The lowest BCUT2D eigenvalue weighted by atomic mass is 9.93. The maximum Gasteiger partial charge on any atom is 0.142 e. The van der Waals surface area contributed by atoms with Crippen molar-refractivity contribution in [3.05, 3.63) is 114 Å². The maximum atomic E-state index is 10.5. The van der Waals surface area contributed by atoms with Gasteiger partial charge in [0, 0.05) is 30.8 Å². The molecule has 4 nitrogen and oxygen atoms in total. The van der Waals surface area contributed by atoms with Crippen LogP contribution in [0.2, 0.25) is 0 Å². The molecule has 0 fully saturated rings. The molecule has 0 amide bonds. The molecule has 0 atom stereocenters. The van der Waals surface area contributed by atoms with Gasteiger partial charge in [-0.25, -0.2) is 4.98 Å². The lowest BCUT2D eigenvalue weighted by molar-refractivity contribution is 0.477. The van der Waals surface area contributed by atoms with E-state index < -0.39 is 0 Å². The van der Waals surface area contributed by atoms with Crippen molar-refractivity contribution >= 4 is 16.7 Å². The number of anilines is 1. The topological polar surface area (TPSA) is 52.2 Å². The summed E-state index contributed by atoms with van der Waals surface area (Å²) < 4.78 is 0. The highest BCUT2D eigenvalue weighted by molar-refractivity contribution is 5.81. The molecule has 1 aromatic heterocycles. The molecule has 0 saturated heterocycles. The third-order valence-electron chi connectivity index (χ3n) is 6.58. The summed E-state index contributed by atoms with van der Waals surface area (Å²) in [5, 5.41) is 10.5. The van der Waals surface area contributed by atoms with Gasteiger partial charge in [-0.3, -0.25) is 0 Å². The van der Waals surface area contributed by atoms with E-state index in [1.807, 2.05) is 36.4 Å². The number of nitrogens with one attached hydrogen (secondary N) is 1. The predicted octanol–water partition coefficient (Wildman–Crippen LogP) is 8.40. The fourth-order valence-electron chi connectivity index (χ4n) is 4.58. The van der Waals surface area contributed by atoms with E-state index >= 15 is 0 Å². The summed E-state index contributed by atoms with van der Waals surface area (Å²) >= 11 is 0. The largest absolute Gasteiger partial charge is 0.507 e. The van der Waals surface area contributed by atoms with Crippen LogP contribution in [0.4, 0.5) is 5.69 Å². The summed E-state index contributed by atoms with van der Waals surface area (Å²) in [5.41, 5.74) is 6.43. The summed E-state index contributed by atoms with van der Waals surface area (Å²) in [7, 11) is 0. The van der Waals surface area contributed by atoms with Crippen LogP contribution in [0.15, 0.2) is 103 Å². The predicted molar refractivity (Wildman–Crippen MR) is 156 cm³/mol. The van der Waals surface area contributed by atoms with Crippen molar-refractivity contribution in [2.75, 3.05) is 18.0 Å². The number of para-hydroxylation sites is 2. The number of aromatic amines is 1. The number of fused-ring (bicyclic) bond motifs is 1. The number of phenolic OH excluding ortho intramolecular Hbond substituents is 1. The molecule has 5 aromatic rings. The van der Waals surface area contributed by atoms with Crippen molar-refractivity contribution in [3.63, 3.8) is 0 Å². The Balaban J connectivity index is 0.000000195. The van der Waals surface area contributed by atoms with E-state index in [0.717, 1.165) is 48.2 Å². The quantitative estimate of drug-likeness (QED) is 0.229. The molecule has 0 aliphatic carbocycles. The molecule has 190 valence electrons. The zero-order chi connectivity index (χ0) is 26.0. The number of hydrogen-bond acceptors (Lipinski definition) is 3. The van der Waals surface area contributed by atoms with Crippen LogP contribution >= 0.6 is 0 Å². The number of aromatic hydroxyl groups is 1. The number of rotatable bonds is 8. The lowest BCUT2D eigenvalue weighted by Gasteiger charge is -2.24. The normalized spacial score (nSPS) is 10.8. The lowest BCUT2D eigenvalue weighted by Crippen LogP contribution is -2.24. The monoisotopic (exact) mass is 491 g/mol. The third-order valence-corrected chi connectivity index (χ3v) is 6.58. The molecular formula is C33H37N3O. The van der Waals surface area contributed by atoms with Crippen molar-refractivity contribution < 1.29 is 5.11 Å². The van der Waals surface area contributed by atoms with E-state index in [-0.39, 0.29) is 5.75 Å². The second kappa shape index (κ2) is 12.8. The van der Waals surface area contributed by atoms with Gasteiger partial charge >= 0.3 is 0 Å². The molecule has 0 saturated carbocycles. The second-order valence-electron chi connectivity index (χ2n) is 9.33. The van der Waals surface area contributed by atoms with Gasteiger partial charge in [0.2, 0.25) is 0 Å². The Morgan fingerprint density at radius 2 is 1.32 bits per heavy atom. The van der Waals surface area contributed by atoms with Crippen LogP contribution in [0.25, 0.3) is 22.4 Å². The van der Waals surface area contributed by atoms with Crippen molar-refractivity contribution in [2.45, 2.75) is 39.5 Å². The smallest absolute Gasteiger partial charge is 0.142 e. The highest BCUT2D eigenvalue weighted by atomic mass is 16.3. The first-order chi connectivity index (χ1) is 18.1. The molecular weight excluding hydrogens is 454 g/mol. The number of benzene rings is 4. The number of phenols is 1. The first-order valence-corrected chi connectivity index (χ1v) is 13.2. The molecule has 37 heavy (non-hydrogen) atoms. The van der Waals surface area contributed by atoms with E-state index in [9.17, 15) is 5.11 Å². The number of imidazole rings is 1. The van der Waals surface area contributed by atoms with Gasteiger partial charge < -0.3 is 15.0 Å². The zero-order valence-electron chi connectivity index (χ0n) is 22.1. The fraction of sp³-hybridized carbons (Fsp3) is 0.242. The molecule has 2 N–H and O–H groups in total. The first kappa shape index (κ1) is 26.0. The van der Waals surface area contributed by atoms with Gasteiger partial charge in [0.15, 0.2) is 0 Å². The van der Waals surface area contributed by atoms with Crippen LogP contribution in [0, 0.1) is 0 Å². The Hall–Kier alpha value is -4.05. The number of aromatic nitrogens is 2. The Morgan fingerprint density at radius 1 is 0.757 bits per heavy atom. The maximum absolute atomic E-state index is 10.5. The van der Waals surface area contributed by atoms with Gasteiger partial charge in [0.1, 0.15) is 11.6 Å². The van der Waals surface area contributed by atoms with Crippen LogP contribution in [0.3, 0.4) is 0 Å². The van der Waals surface area contributed by atoms with Crippen molar-refractivity contribution in [2.24, 2.45) is 0 Å². The summed E-state index contributed by atoms with van der Waals surface area (Å²) in [4.78, 5) is 10.1. The molecule has 0 aliphatic rings. The molecule has 0 radical (unpaired) electrons. The average molecular weight is 492 g/mol. The Bertz CT molecular complexity index is 1300. The minimum absolute atomic E-state index is 0.263. The van der Waals surface area contributed by atoms with E-state index in [0.29, 0.717) is 11.7 Å². The SMILES string of the molecule is CC(c1ccccc1)c1ccccc1.CCCN(CCC)c1ccc(-c2nc3ccccc3[nH]2)c(O)c1. The van der Waals surface area contributed by atoms with Gasteiger partial charge in [0.25, 0.3) is 0 Å². The van der Waals surface area contributed by atoms with Crippen molar-refractivity contribution in [3.8, 4) is 17.1 Å². The fourth-order valence-corrected chi connectivity index (χ4v) is 4.58. The van der Waals surface area contributed by atoms with Crippen molar-refractivity contribution in [1.29, 1.82) is 0 Å². The molecule has 0 unspecified atom stereocenters. The molecule has 0 bridgehead atoms. The van der Waals surface area contributed by atoms with Crippen molar-refractivity contribution in [1.82, 2.24) is 9.97 Å². The van der Waals surface area contributed by atoms with Crippen LogP contribution in [0.1, 0.15) is 50.7 Å². The van der Waals surface area contributed by atoms with Crippen LogP contribution < -0.4 is 4.90 Å². The Labute approximate surface area is 220 Å². The minimum Gasteiger partial charge on any atom is -0.507 e. The van der Waals surface area contributed by atoms with E-state index in [1.54, 1.807) is 0 Å². The highest BCUT2D eigenvalue weighted by Gasteiger charge is 2.12. The summed E-state index contributed by atoms with van der Waals surface area (Å²) in [5.74, 6) is 1.45. The molecule has 5 rings (SSSR count). The molecule has 4 aromatic carbocycles. The summed E-state index contributed by atoms with van der Waals surface area (Å²) in [6.45, 7) is 8.58. The van der Waals surface area contributed by atoms with Gasteiger partial charge in [0.05, 0.1) is 16.6 Å². The van der Waals surface area contributed by atoms with Gasteiger partial charge in [-0.15, -0.1) is 0 Å². The second-order valence-corrected chi connectivity index (χ2v) is 9.33. The van der Waals surface area contributed by atoms with E-state index in [4.69, 9.17) is 0 Å². The Kier molecular flexibility index (Phi) is 8.98. The number of H-pyrrole nitrogens is 1. The molecule has 0 spiro atoms. The molecule has 1 heterocycles. The molecule has 4 heteroatoms. The standard InChI is InChI=1S/C19H23N3O.C14H14/c1-3-11-22(12-4-2)14-9-10-15(18(23)13-14)19-20-16-7-5-6-8-17(16)21-19;1-12(13-8-4-2-5-9-13)14-10-6-3-7-11-14/h5-10,13,23H,3-4,11-12H2,1-2H3,(H,20,21);2-12H,1H3. The summed E-state index contributed by atoms with van der Waals surface area (Å²) in [6, 6.07) is 34.9. The Morgan fingerprint density at radius 3 is 1.86 bits per heavy atom. The number of nitrogens with zero attached hydrogens (tertiary/aromatic N) is 2.